The summed E-state index contributed by atoms with van der Waals surface area (Å²) in [6.45, 7) is 3.45. The van der Waals surface area contributed by atoms with E-state index in [4.69, 9.17) is 5.73 Å². The first kappa shape index (κ1) is 12.4. The lowest BCUT2D eigenvalue weighted by atomic mass is 10.2. The average Bonchev–Trinajstić information content (AvgIpc) is 2.70. The van der Waals surface area contributed by atoms with E-state index in [2.05, 4.69) is 14.9 Å². The molecule has 0 unspecified atom stereocenters. The SMILES string of the molecule is Cc1ccc(N)cc1NS(=O)(=O)c1cn[nH]c1C. The largest absolute Gasteiger partial charge is 0.399 e. The van der Waals surface area contributed by atoms with Gasteiger partial charge in [0, 0.05) is 5.69 Å². The normalized spacial score (nSPS) is 11.4. The highest BCUT2D eigenvalue weighted by Crippen LogP contribution is 2.22. The van der Waals surface area contributed by atoms with Crippen LogP contribution in [0.2, 0.25) is 0 Å². The maximum Gasteiger partial charge on any atom is 0.265 e. The predicted octanol–water partition coefficient (Wildman–Crippen LogP) is 1.41. The monoisotopic (exact) mass is 266 g/mol. The lowest BCUT2D eigenvalue weighted by Crippen LogP contribution is -2.14. The Hall–Kier alpha value is -2.02. The van der Waals surface area contributed by atoms with E-state index < -0.39 is 10.0 Å². The summed E-state index contributed by atoms with van der Waals surface area (Å²) in [7, 11) is -3.64. The number of hydrogen-bond acceptors (Lipinski definition) is 4. The first-order valence-corrected chi connectivity index (χ1v) is 6.77. The third-order valence-corrected chi connectivity index (χ3v) is 4.06. The van der Waals surface area contributed by atoms with Gasteiger partial charge in [-0.1, -0.05) is 6.07 Å². The number of aromatic amines is 1. The highest BCUT2D eigenvalue weighted by molar-refractivity contribution is 7.92. The van der Waals surface area contributed by atoms with Crippen molar-refractivity contribution >= 4 is 21.4 Å². The molecule has 1 aromatic carbocycles. The molecule has 0 aliphatic heterocycles. The molecule has 0 radical (unpaired) electrons. The second kappa shape index (κ2) is 4.34. The highest BCUT2D eigenvalue weighted by atomic mass is 32.2. The van der Waals surface area contributed by atoms with Gasteiger partial charge in [-0.15, -0.1) is 0 Å². The Kier molecular flexibility index (Phi) is 3.00. The number of nitrogens with zero attached hydrogens (tertiary/aromatic N) is 1. The first-order chi connectivity index (χ1) is 8.40. The van der Waals surface area contributed by atoms with E-state index in [1.807, 2.05) is 0 Å². The van der Waals surface area contributed by atoms with E-state index >= 15 is 0 Å². The van der Waals surface area contributed by atoms with Gasteiger partial charge < -0.3 is 5.73 Å². The number of hydrogen-bond donors (Lipinski definition) is 3. The van der Waals surface area contributed by atoms with Crippen LogP contribution < -0.4 is 10.5 Å². The number of sulfonamides is 1. The molecule has 2 aromatic rings. The standard InChI is InChI=1S/C11H14N4O2S/c1-7-3-4-9(12)5-10(7)15-18(16,17)11-6-13-14-8(11)2/h3-6,15H,12H2,1-2H3,(H,13,14). The Morgan fingerprint density at radius 2 is 2.06 bits per heavy atom. The molecule has 0 spiro atoms. The van der Waals surface area contributed by atoms with Crippen LogP contribution in [0.15, 0.2) is 29.3 Å². The third kappa shape index (κ3) is 2.30. The molecule has 6 nitrogen and oxygen atoms in total. The number of anilines is 2. The van der Waals surface area contributed by atoms with Crippen LogP contribution in [-0.2, 0) is 10.0 Å². The van der Waals surface area contributed by atoms with Gasteiger partial charge in [0.2, 0.25) is 0 Å². The molecule has 0 fully saturated rings. The van der Waals surface area contributed by atoms with Crippen molar-refractivity contribution in [3.05, 3.63) is 35.7 Å². The van der Waals surface area contributed by atoms with Gasteiger partial charge in [-0.25, -0.2) is 8.42 Å². The average molecular weight is 266 g/mol. The summed E-state index contributed by atoms with van der Waals surface area (Å²) in [5.74, 6) is 0. The van der Waals surface area contributed by atoms with Gasteiger partial charge in [0.15, 0.2) is 0 Å². The molecule has 4 N–H and O–H groups in total. The second-order valence-corrected chi connectivity index (χ2v) is 5.69. The van der Waals surface area contributed by atoms with Crippen LogP contribution in [0.5, 0.6) is 0 Å². The molecule has 0 atom stereocenters. The molecule has 0 bridgehead atoms. The van der Waals surface area contributed by atoms with Crippen molar-refractivity contribution in [1.29, 1.82) is 0 Å². The van der Waals surface area contributed by atoms with Crippen LogP contribution >= 0.6 is 0 Å². The minimum atomic E-state index is -3.64. The maximum atomic E-state index is 12.1. The van der Waals surface area contributed by atoms with Gasteiger partial charge >= 0.3 is 0 Å². The molecule has 18 heavy (non-hydrogen) atoms. The molecule has 0 aliphatic rings. The Labute approximate surface area is 105 Å². The molecule has 2 rings (SSSR count). The summed E-state index contributed by atoms with van der Waals surface area (Å²) < 4.78 is 26.8. The Balaban J connectivity index is 2.40. The van der Waals surface area contributed by atoms with Crippen molar-refractivity contribution in [3.63, 3.8) is 0 Å². The van der Waals surface area contributed by atoms with E-state index in [9.17, 15) is 8.42 Å². The number of H-pyrrole nitrogens is 1. The molecule has 0 amide bonds. The van der Waals surface area contributed by atoms with Crippen LogP contribution in [0.4, 0.5) is 11.4 Å². The zero-order valence-corrected chi connectivity index (χ0v) is 10.9. The van der Waals surface area contributed by atoms with Crippen molar-refractivity contribution < 1.29 is 8.42 Å². The van der Waals surface area contributed by atoms with Gasteiger partial charge in [-0.05, 0) is 31.5 Å². The van der Waals surface area contributed by atoms with E-state index in [-0.39, 0.29) is 4.90 Å². The van der Waals surface area contributed by atoms with Gasteiger partial charge in [0.05, 0.1) is 17.6 Å². The van der Waals surface area contributed by atoms with Crippen molar-refractivity contribution in [1.82, 2.24) is 10.2 Å². The zero-order valence-electron chi connectivity index (χ0n) is 10.1. The molecule has 0 saturated heterocycles. The van der Waals surface area contributed by atoms with Crippen LogP contribution in [0.3, 0.4) is 0 Å². The smallest absolute Gasteiger partial charge is 0.265 e. The van der Waals surface area contributed by atoms with Crippen LogP contribution in [0, 0.1) is 13.8 Å². The minimum Gasteiger partial charge on any atom is -0.399 e. The van der Waals surface area contributed by atoms with Crippen LogP contribution in [0.25, 0.3) is 0 Å². The van der Waals surface area contributed by atoms with Crippen molar-refractivity contribution in [2.24, 2.45) is 0 Å². The summed E-state index contributed by atoms with van der Waals surface area (Å²) in [5, 5.41) is 6.29. The molecular weight excluding hydrogens is 252 g/mol. The molecule has 1 heterocycles. The third-order valence-electron chi connectivity index (χ3n) is 2.58. The Morgan fingerprint density at radius 3 is 2.67 bits per heavy atom. The summed E-state index contributed by atoms with van der Waals surface area (Å²) in [4.78, 5) is 0.129. The fraction of sp³-hybridized carbons (Fsp3) is 0.182. The van der Waals surface area contributed by atoms with E-state index in [0.717, 1.165) is 5.56 Å². The van der Waals surface area contributed by atoms with Crippen molar-refractivity contribution in [2.45, 2.75) is 18.7 Å². The number of nitrogens with one attached hydrogen (secondary N) is 2. The number of rotatable bonds is 3. The number of nitrogen functional groups attached to an aromatic ring is 1. The lowest BCUT2D eigenvalue weighted by Gasteiger charge is -2.10. The summed E-state index contributed by atoms with van der Waals surface area (Å²) >= 11 is 0. The number of aromatic nitrogens is 2. The first-order valence-electron chi connectivity index (χ1n) is 5.29. The number of aryl methyl sites for hydroxylation is 2. The number of nitrogens with two attached hydrogens (primary N) is 1. The van der Waals surface area contributed by atoms with Crippen molar-refractivity contribution in [2.75, 3.05) is 10.5 Å². The van der Waals surface area contributed by atoms with Gasteiger partial charge in [0.25, 0.3) is 10.0 Å². The van der Waals surface area contributed by atoms with Gasteiger partial charge in [0.1, 0.15) is 4.90 Å². The zero-order chi connectivity index (χ0) is 13.3. The quantitative estimate of drug-likeness (QED) is 0.731. The summed E-state index contributed by atoms with van der Waals surface area (Å²) in [5.41, 5.74) is 7.90. The second-order valence-electron chi connectivity index (χ2n) is 4.04. The molecule has 0 saturated carbocycles. The number of benzene rings is 1. The van der Waals surface area contributed by atoms with E-state index in [1.54, 1.807) is 32.0 Å². The van der Waals surface area contributed by atoms with Gasteiger partial charge in [-0.3, -0.25) is 9.82 Å². The maximum absolute atomic E-state index is 12.1. The van der Waals surface area contributed by atoms with Crippen molar-refractivity contribution in [3.8, 4) is 0 Å². The summed E-state index contributed by atoms with van der Waals surface area (Å²) in [6.07, 6.45) is 1.28. The van der Waals surface area contributed by atoms with E-state index in [1.165, 1.54) is 6.20 Å². The lowest BCUT2D eigenvalue weighted by molar-refractivity contribution is 0.600. The fourth-order valence-corrected chi connectivity index (χ4v) is 2.82. The van der Waals surface area contributed by atoms with Crippen LogP contribution in [0.1, 0.15) is 11.3 Å². The molecule has 96 valence electrons. The fourth-order valence-electron chi connectivity index (χ4n) is 1.56. The molecule has 0 aliphatic carbocycles. The highest BCUT2D eigenvalue weighted by Gasteiger charge is 2.19. The Morgan fingerprint density at radius 1 is 1.33 bits per heavy atom. The minimum absolute atomic E-state index is 0.129. The topological polar surface area (TPSA) is 101 Å². The van der Waals surface area contributed by atoms with Crippen LogP contribution in [-0.4, -0.2) is 18.6 Å². The van der Waals surface area contributed by atoms with Gasteiger partial charge in [-0.2, -0.15) is 5.10 Å². The summed E-state index contributed by atoms with van der Waals surface area (Å²) in [6, 6.07) is 5.06. The molecule has 7 heteroatoms. The molecule has 1 aromatic heterocycles. The van der Waals surface area contributed by atoms with E-state index in [0.29, 0.717) is 17.1 Å². The predicted molar refractivity (Wildman–Crippen MR) is 69.7 cm³/mol. The Bertz CT molecular complexity index is 676. The molecular formula is C11H14N4O2S.